The van der Waals surface area contributed by atoms with Crippen LogP contribution >= 0.6 is 8.25 Å². The molecule has 0 amide bonds. The zero-order chi connectivity index (χ0) is 9.66. The van der Waals surface area contributed by atoms with Crippen molar-refractivity contribution in [1.29, 1.82) is 0 Å². The molecule has 0 aliphatic heterocycles. The van der Waals surface area contributed by atoms with Crippen LogP contribution in [0.1, 0.15) is 59.3 Å². The van der Waals surface area contributed by atoms with Gasteiger partial charge < -0.3 is 0 Å². The third-order valence-corrected chi connectivity index (χ3v) is 6.43. The summed E-state index contributed by atoms with van der Waals surface area (Å²) in [4.78, 5) is 0. The molecule has 0 rings (SSSR count). The Hall–Kier alpha value is 1.23. The summed E-state index contributed by atoms with van der Waals surface area (Å²) < 4.78 is 1.31. The van der Waals surface area contributed by atoms with Crippen molar-refractivity contribution in [3.63, 3.8) is 0 Å². The number of halogens is 1. The second-order valence-electron chi connectivity index (χ2n) is 3.10. The summed E-state index contributed by atoms with van der Waals surface area (Å²) in [5.74, 6) is 0. The van der Waals surface area contributed by atoms with Crippen molar-refractivity contribution in [1.82, 2.24) is 0 Å². The summed E-state index contributed by atoms with van der Waals surface area (Å²) in [6.07, 6.45) is 8.49. The monoisotopic (exact) mass is 380 g/mol. The third kappa shape index (κ3) is 22.5. The summed E-state index contributed by atoms with van der Waals surface area (Å²) in [6, 6.07) is 0. The molecule has 0 atom stereocenters. The molecule has 0 heterocycles. The van der Waals surface area contributed by atoms with Crippen LogP contribution in [0, 0.1) is 0 Å². The molecular formula is C10H23ClHg. The first kappa shape index (κ1) is 15.7. The summed E-state index contributed by atoms with van der Waals surface area (Å²) in [5.41, 5.74) is 0. The molecule has 0 spiro atoms. The molecule has 0 aromatic carbocycles. The van der Waals surface area contributed by atoms with E-state index in [4.69, 9.17) is 8.25 Å². The minimum atomic E-state index is -0.640. The van der Waals surface area contributed by atoms with Gasteiger partial charge in [-0.3, -0.25) is 0 Å². The molecule has 0 fully saturated rings. The first-order valence-corrected chi connectivity index (χ1v) is 16.0. The van der Waals surface area contributed by atoms with Gasteiger partial charge in [0, 0.05) is 0 Å². The van der Waals surface area contributed by atoms with Gasteiger partial charge in [0.05, 0.1) is 0 Å². The van der Waals surface area contributed by atoms with E-state index in [0.717, 1.165) is 0 Å². The average Bonchev–Trinajstić information content (AvgIpc) is 2.13. The molecule has 0 radical (unpaired) electrons. The summed E-state index contributed by atoms with van der Waals surface area (Å²) in [6.45, 7) is 6.66. The van der Waals surface area contributed by atoms with E-state index in [0.29, 0.717) is 0 Å². The van der Waals surface area contributed by atoms with Crippen LogP contribution in [0.3, 0.4) is 0 Å². The van der Waals surface area contributed by atoms with Gasteiger partial charge >= 0.3 is 42.4 Å². The molecule has 12 heavy (non-hydrogen) atoms. The molecule has 0 aliphatic carbocycles. The molecular weight excluding hydrogens is 356 g/mol. The fraction of sp³-hybridized carbons (Fsp3) is 1.00. The van der Waals surface area contributed by atoms with Crippen LogP contribution in [0.2, 0.25) is 3.93 Å². The second kappa shape index (κ2) is 18.1. The molecule has 0 bridgehead atoms. The molecule has 0 N–H and O–H groups in total. The van der Waals surface area contributed by atoms with E-state index < -0.39 is 23.3 Å². The Balaban J connectivity index is 0. The average molecular weight is 379 g/mol. The second-order valence-corrected chi connectivity index (χ2v) is 11.8. The zero-order valence-corrected chi connectivity index (χ0v) is 15.3. The van der Waals surface area contributed by atoms with Crippen molar-refractivity contribution in [2.24, 2.45) is 0 Å². The molecule has 0 aliphatic rings. The van der Waals surface area contributed by atoms with Crippen LogP contribution in [-0.4, -0.2) is 0 Å². The predicted molar refractivity (Wildman–Crippen MR) is 55.4 cm³/mol. The van der Waals surface area contributed by atoms with Gasteiger partial charge in [-0.05, 0) is 0 Å². The van der Waals surface area contributed by atoms with Crippen LogP contribution in [-0.2, 0) is 23.3 Å². The van der Waals surface area contributed by atoms with Gasteiger partial charge in [0.2, 0.25) is 0 Å². The van der Waals surface area contributed by atoms with Gasteiger partial charge in [0.25, 0.3) is 0 Å². The van der Waals surface area contributed by atoms with E-state index in [2.05, 4.69) is 20.8 Å². The Kier molecular flexibility index (Phi) is 23.7. The Bertz CT molecular complexity index is 49.8. The molecule has 0 unspecified atom stereocenters. The number of hydrogen-bond donors (Lipinski definition) is 0. The summed E-state index contributed by atoms with van der Waals surface area (Å²) >= 11 is -0.640. The molecule has 0 aromatic heterocycles. The van der Waals surface area contributed by atoms with Crippen molar-refractivity contribution >= 4 is 8.25 Å². The van der Waals surface area contributed by atoms with Crippen LogP contribution in [0.5, 0.6) is 0 Å². The van der Waals surface area contributed by atoms with Gasteiger partial charge in [-0.25, -0.2) is 0 Å². The third-order valence-electron chi connectivity index (χ3n) is 1.65. The fourth-order valence-electron chi connectivity index (χ4n) is 0.854. The first-order chi connectivity index (χ1) is 5.83. The Morgan fingerprint density at radius 2 is 1.17 bits per heavy atom. The SMILES string of the molecule is CCCCCCCC.C[CH2][Hg][Cl]. The Morgan fingerprint density at radius 3 is 1.33 bits per heavy atom. The van der Waals surface area contributed by atoms with Gasteiger partial charge in [-0.1, -0.05) is 52.4 Å². The van der Waals surface area contributed by atoms with Crippen molar-refractivity contribution in [2.75, 3.05) is 0 Å². The predicted octanol–water partition coefficient (Wildman–Crippen LogP) is 5.03. The summed E-state index contributed by atoms with van der Waals surface area (Å²) in [5, 5.41) is 0. The van der Waals surface area contributed by atoms with Crippen molar-refractivity contribution in [3.05, 3.63) is 0 Å². The molecule has 2 heteroatoms. The molecule has 0 saturated carbocycles. The van der Waals surface area contributed by atoms with Crippen LogP contribution < -0.4 is 0 Å². The van der Waals surface area contributed by atoms with Crippen LogP contribution in [0.15, 0.2) is 0 Å². The normalized spacial score (nSPS) is 8.33. The van der Waals surface area contributed by atoms with Crippen LogP contribution in [0.25, 0.3) is 0 Å². The Morgan fingerprint density at radius 1 is 0.833 bits per heavy atom. The minimum absolute atomic E-state index is 0.640. The van der Waals surface area contributed by atoms with E-state index in [1.54, 1.807) is 0 Å². The van der Waals surface area contributed by atoms with Crippen molar-refractivity contribution in [3.8, 4) is 0 Å². The maximum absolute atomic E-state index is 5.41. The number of hydrogen-bond acceptors (Lipinski definition) is 0. The van der Waals surface area contributed by atoms with Gasteiger partial charge in [0.1, 0.15) is 0 Å². The maximum atomic E-state index is 5.41. The Labute approximate surface area is 94.3 Å². The molecule has 72 valence electrons. The topological polar surface area (TPSA) is 0 Å². The van der Waals surface area contributed by atoms with Gasteiger partial charge in [-0.15, -0.1) is 0 Å². The van der Waals surface area contributed by atoms with Crippen molar-refractivity contribution in [2.45, 2.75) is 63.2 Å². The number of rotatable bonds is 6. The van der Waals surface area contributed by atoms with Crippen LogP contribution in [0.4, 0.5) is 0 Å². The number of unbranched alkanes of at least 4 members (excludes halogenated alkanes) is 5. The fourth-order valence-corrected chi connectivity index (χ4v) is 0.854. The standard InChI is InChI=1S/C8H18.C2H5.ClH.Hg/c1-3-5-7-8-6-4-2;1-2;;/h3-8H2,1-2H3;1H2,2H3;1H;/q;;;+1/p-1. The van der Waals surface area contributed by atoms with Gasteiger partial charge in [-0.2, -0.15) is 0 Å². The van der Waals surface area contributed by atoms with Crippen molar-refractivity contribution < 1.29 is 23.3 Å². The first-order valence-electron chi connectivity index (χ1n) is 5.39. The van der Waals surface area contributed by atoms with E-state index >= 15 is 0 Å². The van der Waals surface area contributed by atoms with E-state index in [1.807, 2.05) is 0 Å². The van der Waals surface area contributed by atoms with E-state index in [9.17, 15) is 0 Å². The molecule has 0 aromatic rings. The zero-order valence-electron chi connectivity index (χ0n) is 9.03. The summed E-state index contributed by atoms with van der Waals surface area (Å²) in [7, 11) is 5.41. The quantitative estimate of drug-likeness (QED) is 0.449. The van der Waals surface area contributed by atoms with E-state index in [-0.39, 0.29) is 0 Å². The van der Waals surface area contributed by atoms with E-state index in [1.165, 1.54) is 42.5 Å². The molecule has 0 saturated heterocycles. The molecule has 0 nitrogen and oxygen atoms in total. The van der Waals surface area contributed by atoms with Gasteiger partial charge in [0.15, 0.2) is 0 Å².